The maximum atomic E-state index is 11.4. The van der Waals surface area contributed by atoms with E-state index < -0.39 is 4.92 Å². The summed E-state index contributed by atoms with van der Waals surface area (Å²) in [5, 5.41) is 17.5. The van der Waals surface area contributed by atoms with Crippen LogP contribution in [0.25, 0.3) is 0 Å². The van der Waals surface area contributed by atoms with Crippen molar-refractivity contribution in [2.75, 3.05) is 17.7 Å². The van der Waals surface area contributed by atoms with Gasteiger partial charge in [0.05, 0.1) is 17.7 Å². The van der Waals surface area contributed by atoms with Crippen LogP contribution in [0, 0.1) is 17.0 Å². The standard InChI is InChI=1S/C18H17N5O3/c1-12-16(23(24)25)17(20-13-8-4-3-5-9-13)22-18(19-12)21-14-10-6-7-11-15(14)26-2/h3-11H,1-2H3,(H2,19,20,21,22). The fourth-order valence-corrected chi connectivity index (χ4v) is 2.46. The Morgan fingerprint density at radius 1 is 1.00 bits per heavy atom. The number of para-hydroxylation sites is 3. The van der Waals surface area contributed by atoms with Gasteiger partial charge in [0.15, 0.2) is 0 Å². The minimum Gasteiger partial charge on any atom is -0.495 e. The minimum atomic E-state index is -0.493. The molecule has 132 valence electrons. The monoisotopic (exact) mass is 351 g/mol. The Bertz CT molecular complexity index is 931. The van der Waals surface area contributed by atoms with Crippen LogP contribution in [-0.4, -0.2) is 22.0 Å². The van der Waals surface area contributed by atoms with Crippen molar-refractivity contribution in [3.63, 3.8) is 0 Å². The molecular weight excluding hydrogens is 334 g/mol. The molecule has 0 fully saturated rings. The van der Waals surface area contributed by atoms with Crippen LogP contribution in [0.5, 0.6) is 5.75 Å². The highest BCUT2D eigenvalue weighted by Gasteiger charge is 2.22. The first-order valence-electron chi connectivity index (χ1n) is 7.83. The SMILES string of the molecule is COc1ccccc1Nc1nc(C)c([N+](=O)[O-])c(Nc2ccccc2)n1. The molecule has 8 nitrogen and oxygen atoms in total. The highest BCUT2D eigenvalue weighted by Crippen LogP contribution is 2.31. The van der Waals surface area contributed by atoms with Crippen LogP contribution in [0.15, 0.2) is 54.6 Å². The number of nitro groups is 1. The van der Waals surface area contributed by atoms with E-state index in [1.165, 1.54) is 0 Å². The van der Waals surface area contributed by atoms with Gasteiger partial charge in [0.25, 0.3) is 0 Å². The highest BCUT2D eigenvalue weighted by molar-refractivity contribution is 5.70. The second-order valence-corrected chi connectivity index (χ2v) is 5.40. The molecule has 3 aromatic rings. The molecule has 3 rings (SSSR count). The summed E-state index contributed by atoms with van der Waals surface area (Å²) in [6, 6.07) is 16.4. The van der Waals surface area contributed by atoms with Gasteiger partial charge in [0.2, 0.25) is 11.8 Å². The minimum absolute atomic E-state index is 0.117. The molecule has 0 amide bonds. The molecule has 0 aliphatic heterocycles. The van der Waals surface area contributed by atoms with Crippen LogP contribution in [0.1, 0.15) is 5.69 Å². The van der Waals surface area contributed by atoms with Gasteiger partial charge in [-0.2, -0.15) is 4.98 Å². The van der Waals surface area contributed by atoms with Crippen LogP contribution in [0.2, 0.25) is 0 Å². The summed E-state index contributed by atoms with van der Waals surface area (Å²) < 4.78 is 5.29. The zero-order chi connectivity index (χ0) is 18.5. The molecule has 0 spiro atoms. The van der Waals surface area contributed by atoms with E-state index in [-0.39, 0.29) is 23.1 Å². The average molecular weight is 351 g/mol. The van der Waals surface area contributed by atoms with Crippen LogP contribution in [0.4, 0.5) is 28.8 Å². The molecular formula is C18H17N5O3. The van der Waals surface area contributed by atoms with E-state index in [4.69, 9.17) is 4.74 Å². The van der Waals surface area contributed by atoms with E-state index in [9.17, 15) is 10.1 Å². The molecule has 0 unspecified atom stereocenters. The normalized spacial score (nSPS) is 10.2. The van der Waals surface area contributed by atoms with E-state index >= 15 is 0 Å². The summed E-state index contributed by atoms with van der Waals surface area (Å²) >= 11 is 0. The molecule has 2 N–H and O–H groups in total. The maximum Gasteiger partial charge on any atom is 0.332 e. The first-order valence-corrected chi connectivity index (χ1v) is 7.83. The molecule has 0 aliphatic rings. The lowest BCUT2D eigenvalue weighted by Gasteiger charge is -2.12. The Hall–Kier alpha value is -3.68. The fraction of sp³-hybridized carbons (Fsp3) is 0.111. The Balaban J connectivity index is 2.01. The zero-order valence-electron chi connectivity index (χ0n) is 14.3. The molecule has 0 saturated carbocycles. The van der Waals surface area contributed by atoms with E-state index in [0.29, 0.717) is 17.1 Å². The largest absolute Gasteiger partial charge is 0.495 e. The predicted molar refractivity (Wildman–Crippen MR) is 99.4 cm³/mol. The Morgan fingerprint density at radius 3 is 2.38 bits per heavy atom. The van der Waals surface area contributed by atoms with Crippen molar-refractivity contribution in [1.82, 2.24) is 9.97 Å². The summed E-state index contributed by atoms with van der Waals surface area (Å²) in [7, 11) is 1.56. The number of benzene rings is 2. The third-order valence-electron chi connectivity index (χ3n) is 3.63. The maximum absolute atomic E-state index is 11.4. The van der Waals surface area contributed by atoms with Gasteiger partial charge in [-0.15, -0.1) is 0 Å². The lowest BCUT2D eigenvalue weighted by molar-refractivity contribution is -0.385. The first kappa shape index (κ1) is 17.2. The van der Waals surface area contributed by atoms with E-state index in [2.05, 4.69) is 20.6 Å². The predicted octanol–water partition coefficient (Wildman–Crippen LogP) is 4.19. The van der Waals surface area contributed by atoms with Crippen molar-refractivity contribution in [1.29, 1.82) is 0 Å². The molecule has 0 aliphatic carbocycles. The molecule has 0 radical (unpaired) electrons. The average Bonchev–Trinajstić information content (AvgIpc) is 2.62. The van der Waals surface area contributed by atoms with Gasteiger partial charge in [-0.1, -0.05) is 30.3 Å². The number of anilines is 4. The number of nitrogens with zero attached hydrogens (tertiary/aromatic N) is 3. The summed E-state index contributed by atoms with van der Waals surface area (Å²) in [6.07, 6.45) is 0. The van der Waals surface area contributed by atoms with Gasteiger partial charge in [-0.25, -0.2) is 4.98 Å². The number of aromatic nitrogens is 2. The van der Waals surface area contributed by atoms with E-state index in [1.807, 2.05) is 36.4 Å². The highest BCUT2D eigenvalue weighted by atomic mass is 16.6. The van der Waals surface area contributed by atoms with Gasteiger partial charge in [0, 0.05) is 5.69 Å². The molecule has 2 aromatic carbocycles. The van der Waals surface area contributed by atoms with E-state index in [0.717, 1.165) is 0 Å². The van der Waals surface area contributed by atoms with Crippen LogP contribution in [0.3, 0.4) is 0 Å². The van der Waals surface area contributed by atoms with Gasteiger partial charge in [-0.05, 0) is 31.2 Å². The summed E-state index contributed by atoms with van der Waals surface area (Å²) in [5.74, 6) is 0.965. The van der Waals surface area contributed by atoms with Gasteiger partial charge < -0.3 is 15.4 Å². The summed E-state index contributed by atoms with van der Waals surface area (Å²) in [5.41, 5.74) is 1.44. The third kappa shape index (κ3) is 3.69. The number of aryl methyl sites for hydroxylation is 1. The number of rotatable bonds is 6. The lowest BCUT2D eigenvalue weighted by atomic mass is 10.3. The molecule has 0 bridgehead atoms. The number of hydrogen-bond donors (Lipinski definition) is 2. The lowest BCUT2D eigenvalue weighted by Crippen LogP contribution is -2.07. The van der Waals surface area contributed by atoms with Crippen molar-refractivity contribution in [3.05, 3.63) is 70.4 Å². The van der Waals surface area contributed by atoms with Crippen molar-refractivity contribution in [3.8, 4) is 5.75 Å². The molecule has 0 atom stereocenters. The quantitative estimate of drug-likeness (QED) is 0.507. The second kappa shape index (κ2) is 7.47. The first-order chi connectivity index (χ1) is 12.6. The van der Waals surface area contributed by atoms with Gasteiger partial charge in [-0.3, -0.25) is 10.1 Å². The number of hydrogen-bond acceptors (Lipinski definition) is 7. The van der Waals surface area contributed by atoms with Crippen molar-refractivity contribution >= 4 is 28.8 Å². The molecule has 1 heterocycles. The van der Waals surface area contributed by atoms with Crippen molar-refractivity contribution < 1.29 is 9.66 Å². The van der Waals surface area contributed by atoms with Crippen LogP contribution >= 0.6 is 0 Å². The van der Waals surface area contributed by atoms with Crippen LogP contribution < -0.4 is 15.4 Å². The zero-order valence-corrected chi connectivity index (χ0v) is 14.3. The van der Waals surface area contributed by atoms with Gasteiger partial charge in [0.1, 0.15) is 11.4 Å². The Labute approximate surface area is 150 Å². The van der Waals surface area contributed by atoms with E-state index in [1.54, 1.807) is 32.2 Å². The summed E-state index contributed by atoms with van der Waals surface area (Å²) in [6.45, 7) is 1.57. The molecule has 8 heteroatoms. The fourth-order valence-electron chi connectivity index (χ4n) is 2.46. The van der Waals surface area contributed by atoms with Crippen molar-refractivity contribution in [2.24, 2.45) is 0 Å². The Morgan fingerprint density at radius 2 is 1.69 bits per heavy atom. The molecule has 1 aromatic heterocycles. The Kier molecular flexibility index (Phi) is 4.93. The second-order valence-electron chi connectivity index (χ2n) is 5.40. The topological polar surface area (TPSA) is 102 Å². The van der Waals surface area contributed by atoms with Gasteiger partial charge >= 0.3 is 5.69 Å². The smallest absolute Gasteiger partial charge is 0.332 e. The third-order valence-corrected chi connectivity index (χ3v) is 3.63. The number of nitrogens with one attached hydrogen (secondary N) is 2. The van der Waals surface area contributed by atoms with Crippen LogP contribution in [-0.2, 0) is 0 Å². The number of ether oxygens (including phenoxy) is 1. The summed E-state index contributed by atoms with van der Waals surface area (Å²) in [4.78, 5) is 19.5. The molecule has 26 heavy (non-hydrogen) atoms. The van der Waals surface area contributed by atoms with Crippen molar-refractivity contribution in [2.45, 2.75) is 6.92 Å². The number of methoxy groups -OCH3 is 1. The molecule has 0 saturated heterocycles.